The summed E-state index contributed by atoms with van der Waals surface area (Å²) in [6.45, 7) is 2.38. The Hall–Kier alpha value is -9.90. The number of rotatable bonds is 11. The molecule has 4 heteroatoms. The number of benzene rings is 11. The standard InChI is InChI=1S/C73H54N4/c1-73-49-17-16-28-72(73)77(59-24-12-5-13-25-59)71-48-46-65(51-68(71)73)75(62-39-31-55(32-40-62)53-20-8-3-9-21-53)63-43-35-57(36-44-63)56-33-41-61(42-34-56)74(60-37-29-54(30-38-60)52-18-6-2-7-19-52)64-45-47-70-67(50-64)66-26-14-15-27-69(66)76(70)58-22-10-4-11-23-58/h2-51,72H,1H3. The molecule has 4 nitrogen and oxygen atoms in total. The van der Waals surface area contributed by atoms with Crippen LogP contribution in [0.15, 0.2) is 303 Å². The molecule has 2 aliphatic rings. The van der Waals surface area contributed by atoms with Gasteiger partial charge in [-0.3, -0.25) is 0 Å². The molecule has 1 aliphatic carbocycles. The summed E-state index contributed by atoms with van der Waals surface area (Å²) in [6.07, 6.45) is 9.13. The number of fused-ring (bicyclic) bond motifs is 6. The van der Waals surface area contributed by atoms with Crippen LogP contribution in [0.1, 0.15) is 12.5 Å². The average Bonchev–Trinajstić information content (AvgIpc) is 4.16. The van der Waals surface area contributed by atoms with Crippen molar-refractivity contribution < 1.29 is 0 Å². The fraction of sp³-hybridized carbons (Fsp3) is 0.0411. The van der Waals surface area contributed by atoms with Crippen molar-refractivity contribution in [2.75, 3.05) is 14.7 Å². The molecule has 14 rings (SSSR count). The Bertz CT molecular complexity index is 4130. The number of para-hydroxylation sites is 3. The lowest BCUT2D eigenvalue weighted by atomic mass is 9.76. The highest BCUT2D eigenvalue weighted by Crippen LogP contribution is 2.53. The molecule has 0 bridgehead atoms. The van der Waals surface area contributed by atoms with Crippen molar-refractivity contribution in [1.29, 1.82) is 0 Å². The van der Waals surface area contributed by atoms with Crippen LogP contribution in [0.5, 0.6) is 0 Å². The van der Waals surface area contributed by atoms with Crippen molar-refractivity contribution in [2.24, 2.45) is 0 Å². The van der Waals surface area contributed by atoms with Crippen molar-refractivity contribution >= 4 is 67.3 Å². The van der Waals surface area contributed by atoms with Crippen molar-refractivity contribution in [3.8, 4) is 39.1 Å². The van der Waals surface area contributed by atoms with E-state index in [1.807, 2.05) is 0 Å². The summed E-state index contributed by atoms with van der Waals surface area (Å²) in [5.74, 6) is 0. The first kappa shape index (κ1) is 45.7. The van der Waals surface area contributed by atoms with Gasteiger partial charge in [-0.05, 0) is 161 Å². The second-order valence-electron chi connectivity index (χ2n) is 20.4. The van der Waals surface area contributed by atoms with E-state index in [1.165, 1.54) is 61.0 Å². The highest BCUT2D eigenvalue weighted by molar-refractivity contribution is 6.10. The predicted octanol–water partition coefficient (Wildman–Crippen LogP) is 19.6. The molecule has 11 aromatic carbocycles. The summed E-state index contributed by atoms with van der Waals surface area (Å²) in [6, 6.07) is 102. The molecule has 0 amide bonds. The van der Waals surface area contributed by atoms with E-state index in [0.29, 0.717) is 0 Å². The van der Waals surface area contributed by atoms with E-state index in [2.05, 4.69) is 330 Å². The van der Waals surface area contributed by atoms with Gasteiger partial charge in [-0.1, -0.05) is 188 Å². The van der Waals surface area contributed by atoms with Crippen molar-refractivity contribution in [3.63, 3.8) is 0 Å². The van der Waals surface area contributed by atoms with Crippen LogP contribution in [-0.2, 0) is 5.41 Å². The van der Waals surface area contributed by atoms with E-state index < -0.39 is 0 Å². The first-order chi connectivity index (χ1) is 38.1. The summed E-state index contributed by atoms with van der Waals surface area (Å²) in [5.41, 5.74) is 20.7. The lowest BCUT2D eigenvalue weighted by molar-refractivity contribution is 0.551. The molecule has 366 valence electrons. The molecule has 0 N–H and O–H groups in total. The third-order valence-corrected chi connectivity index (χ3v) is 15.8. The van der Waals surface area contributed by atoms with Gasteiger partial charge in [-0.2, -0.15) is 0 Å². The molecule has 2 heterocycles. The molecular weight excluding hydrogens is 933 g/mol. The molecule has 1 aliphatic heterocycles. The van der Waals surface area contributed by atoms with Crippen molar-refractivity contribution in [2.45, 2.75) is 18.4 Å². The maximum atomic E-state index is 2.50. The quantitative estimate of drug-likeness (QED) is 0.128. The Kier molecular flexibility index (Phi) is 11.3. The van der Waals surface area contributed by atoms with Crippen molar-refractivity contribution in [1.82, 2.24) is 4.57 Å². The van der Waals surface area contributed by atoms with Crippen molar-refractivity contribution in [3.05, 3.63) is 309 Å². The second kappa shape index (κ2) is 19.1. The smallest absolute Gasteiger partial charge is 0.0655 e. The fourth-order valence-electron chi connectivity index (χ4n) is 12.0. The van der Waals surface area contributed by atoms with Crippen LogP contribution < -0.4 is 14.7 Å². The van der Waals surface area contributed by atoms with Gasteiger partial charge in [0.25, 0.3) is 0 Å². The molecule has 2 unspecified atom stereocenters. The Balaban J connectivity index is 0.834. The molecule has 0 spiro atoms. The summed E-state index contributed by atoms with van der Waals surface area (Å²) < 4.78 is 2.38. The lowest BCUT2D eigenvalue weighted by Gasteiger charge is -2.34. The summed E-state index contributed by atoms with van der Waals surface area (Å²) in [4.78, 5) is 7.29. The fourth-order valence-corrected chi connectivity index (χ4v) is 12.0. The zero-order valence-electron chi connectivity index (χ0n) is 42.7. The Morgan fingerprint density at radius 3 is 1.26 bits per heavy atom. The molecular formula is C73H54N4. The topological polar surface area (TPSA) is 14.7 Å². The number of aromatic nitrogens is 1. The van der Waals surface area contributed by atoms with Crippen LogP contribution in [0, 0.1) is 0 Å². The van der Waals surface area contributed by atoms with E-state index in [9.17, 15) is 0 Å². The minimum Gasteiger partial charge on any atom is -0.333 e. The Labute approximate surface area is 450 Å². The first-order valence-electron chi connectivity index (χ1n) is 26.6. The van der Waals surface area contributed by atoms with Crippen LogP contribution in [0.2, 0.25) is 0 Å². The average molecular weight is 987 g/mol. The summed E-state index contributed by atoms with van der Waals surface area (Å²) >= 11 is 0. The highest BCUT2D eigenvalue weighted by Gasteiger charge is 2.46. The van der Waals surface area contributed by atoms with Crippen LogP contribution >= 0.6 is 0 Å². The van der Waals surface area contributed by atoms with Gasteiger partial charge in [-0.15, -0.1) is 0 Å². The van der Waals surface area contributed by atoms with Gasteiger partial charge in [0.2, 0.25) is 0 Å². The highest BCUT2D eigenvalue weighted by atomic mass is 15.2. The monoisotopic (exact) mass is 986 g/mol. The molecule has 1 aromatic heterocycles. The van der Waals surface area contributed by atoms with Gasteiger partial charge >= 0.3 is 0 Å². The summed E-state index contributed by atoms with van der Waals surface area (Å²) in [7, 11) is 0. The Morgan fingerprint density at radius 1 is 0.338 bits per heavy atom. The second-order valence-corrected chi connectivity index (χ2v) is 20.4. The van der Waals surface area contributed by atoms with E-state index in [-0.39, 0.29) is 11.5 Å². The third kappa shape index (κ3) is 8.10. The van der Waals surface area contributed by atoms with Crippen LogP contribution in [0.3, 0.4) is 0 Å². The van der Waals surface area contributed by atoms with E-state index >= 15 is 0 Å². The minimum absolute atomic E-state index is 0.161. The lowest BCUT2D eigenvalue weighted by Crippen LogP contribution is -2.39. The van der Waals surface area contributed by atoms with Crippen LogP contribution in [0.25, 0.3) is 60.9 Å². The third-order valence-electron chi connectivity index (χ3n) is 15.8. The van der Waals surface area contributed by atoms with Crippen LogP contribution in [-0.4, -0.2) is 10.6 Å². The molecule has 0 saturated carbocycles. The number of nitrogens with zero attached hydrogens (tertiary/aromatic N) is 4. The van der Waals surface area contributed by atoms with Crippen LogP contribution in [0.4, 0.5) is 45.5 Å². The largest absolute Gasteiger partial charge is 0.333 e. The normalized spacial score (nSPS) is 15.4. The minimum atomic E-state index is -0.217. The number of hydrogen-bond donors (Lipinski definition) is 0. The molecule has 0 fully saturated rings. The SMILES string of the molecule is CC12C=CC=CC1N(c1ccccc1)c1ccc(N(c3ccc(-c4ccccc4)cc3)c3ccc(-c4ccc(N(c5ccc(-c6ccccc6)cc5)c5ccc6c(c5)c5ccccc5n6-c5ccccc5)cc4)cc3)cc12. The molecule has 77 heavy (non-hydrogen) atoms. The maximum absolute atomic E-state index is 2.50. The summed E-state index contributed by atoms with van der Waals surface area (Å²) in [5, 5.41) is 2.43. The van der Waals surface area contributed by atoms with Gasteiger partial charge in [-0.25, -0.2) is 0 Å². The van der Waals surface area contributed by atoms with Gasteiger partial charge in [0.1, 0.15) is 0 Å². The molecule has 0 radical (unpaired) electrons. The number of anilines is 8. The zero-order valence-corrected chi connectivity index (χ0v) is 42.7. The zero-order chi connectivity index (χ0) is 51.3. The van der Waals surface area contributed by atoms with Gasteiger partial charge in [0.05, 0.1) is 17.1 Å². The van der Waals surface area contributed by atoms with E-state index in [0.717, 1.165) is 50.9 Å². The molecule has 12 aromatic rings. The van der Waals surface area contributed by atoms with E-state index in [1.54, 1.807) is 0 Å². The number of allylic oxidation sites excluding steroid dienone is 2. The molecule has 2 atom stereocenters. The first-order valence-corrected chi connectivity index (χ1v) is 26.6. The Morgan fingerprint density at radius 2 is 0.740 bits per heavy atom. The van der Waals surface area contributed by atoms with E-state index in [4.69, 9.17) is 0 Å². The maximum Gasteiger partial charge on any atom is 0.0655 e. The predicted molar refractivity (Wildman–Crippen MR) is 324 cm³/mol. The van der Waals surface area contributed by atoms with Gasteiger partial charge in [0.15, 0.2) is 0 Å². The van der Waals surface area contributed by atoms with Gasteiger partial charge in [0, 0.05) is 67.4 Å². The van der Waals surface area contributed by atoms with Gasteiger partial charge < -0.3 is 19.3 Å². The number of hydrogen-bond acceptors (Lipinski definition) is 3. The molecule has 0 saturated heterocycles.